The van der Waals surface area contributed by atoms with E-state index < -0.39 is 0 Å². The summed E-state index contributed by atoms with van der Waals surface area (Å²) in [5.41, 5.74) is 0.703. The SMILES string of the molecule is O=C(Cc1ccccc1O)NCC(C1CC1)C1CC1. The molecule has 3 heteroatoms. The van der Waals surface area contributed by atoms with Crippen molar-refractivity contribution in [3.8, 4) is 5.75 Å². The van der Waals surface area contributed by atoms with Crippen LogP contribution in [0.5, 0.6) is 5.75 Å². The lowest BCUT2D eigenvalue weighted by Gasteiger charge is -2.16. The van der Waals surface area contributed by atoms with E-state index >= 15 is 0 Å². The van der Waals surface area contributed by atoms with Gasteiger partial charge in [0.05, 0.1) is 6.42 Å². The minimum Gasteiger partial charge on any atom is -0.508 e. The maximum Gasteiger partial charge on any atom is 0.224 e. The summed E-state index contributed by atoms with van der Waals surface area (Å²) in [6.45, 7) is 0.821. The smallest absolute Gasteiger partial charge is 0.224 e. The fourth-order valence-corrected chi connectivity index (χ4v) is 2.89. The van der Waals surface area contributed by atoms with E-state index in [1.54, 1.807) is 18.2 Å². The Balaban J connectivity index is 1.49. The van der Waals surface area contributed by atoms with Crippen LogP contribution in [-0.4, -0.2) is 17.6 Å². The number of para-hydroxylation sites is 1. The van der Waals surface area contributed by atoms with Gasteiger partial charge >= 0.3 is 0 Å². The summed E-state index contributed by atoms with van der Waals surface area (Å²) >= 11 is 0. The molecule has 2 saturated carbocycles. The van der Waals surface area contributed by atoms with Crippen LogP contribution in [0.3, 0.4) is 0 Å². The third-order valence-corrected chi connectivity index (χ3v) is 4.33. The van der Waals surface area contributed by atoms with Crippen molar-refractivity contribution >= 4 is 5.91 Å². The first-order valence-corrected chi connectivity index (χ1v) is 7.27. The second-order valence-electron chi connectivity index (χ2n) is 5.95. The van der Waals surface area contributed by atoms with Crippen LogP contribution in [0, 0.1) is 17.8 Å². The summed E-state index contributed by atoms with van der Waals surface area (Å²) in [5.74, 6) is 2.65. The van der Waals surface area contributed by atoms with Gasteiger partial charge in [0.2, 0.25) is 5.91 Å². The summed E-state index contributed by atoms with van der Waals surface area (Å²) in [6.07, 6.45) is 5.65. The van der Waals surface area contributed by atoms with Crippen molar-refractivity contribution in [3.05, 3.63) is 29.8 Å². The second-order valence-corrected chi connectivity index (χ2v) is 5.95. The summed E-state index contributed by atoms with van der Waals surface area (Å²) in [5, 5.41) is 12.7. The van der Waals surface area contributed by atoms with Crippen LogP contribution in [0.15, 0.2) is 24.3 Å². The Hall–Kier alpha value is -1.51. The predicted octanol–water partition coefficient (Wildman–Crippen LogP) is 2.49. The molecule has 0 radical (unpaired) electrons. The molecule has 2 fully saturated rings. The minimum atomic E-state index is 0.0211. The van der Waals surface area contributed by atoms with Gasteiger partial charge in [-0.1, -0.05) is 18.2 Å². The zero-order chi connectivity index (χ0) is 13.2. The zero-order valence-electron chi connectivity index (χ0n) is 11.1. The van der Waals surface area contributed by atoms with Crippen molar-refractivity contribution in [1.82, 2.24) is 5.32 Å². The number of nitrogens with one attached hydrogen (secondary N) is 1. The largest absolute Gasteiger partial charge is 0.508 e. The number of phenols is 1. The number of hydrogen-bond donors (Lipinski definition) is 2. The molecular weight excluding hydrogens is 238 g/mol. The van der Waals surface area contributed by atoms with E-state index in [-0.39, 0.29) is 18.1 Å². The summed E-state index contributed by atoms with van der Waals surface area (Å²) in [6, 6.07) is 7.04. The Kier molecular flexibility index (Phi) is 3.45. The molecule has 0 spiro atoms. The van der Waals surface area contributed by atoms with Gasteiger partial charge in [-0.15, -0.1) is 0 Å². The van der Waals surface area contributed by atoms with Crippen LogP contribution in [0.2, 0.25) is 0 Å². The number of carbonyl (C=O) groups excluding carboxylic acids is 1. The van der Waals surface area contributed by atoms with E-state index in [1.165, 1.54) is 25.7 Å². The van der Waals surface area contributed by atoms with Gasteiger partial charge in [0.25, 0.3) is 0 Å². The van der Waals surface area contributed by atoms with Crippen LogP contribution in [0.4, 0.5) is 0 Å². The molecule has 1 amide bonds. The molecule has 3 nitrogen and oxygen atoms in total. The first kappa shape index (κ1) is 12.5. The summed E-state index contributed by atoms with van der Waals surface area (Å²) in [7, 11) is 0. The number of aromatic hydroxyl groups is 1. The van der Waals surface area contributed by atoms with E-state index in [4.69, 9.17) is 0 Å². The Labute approximate surface area is 114 Å². The highest BCUT2D eigenvalue weighted by Gasteiger charge is 2.41. The molecule has 0 heterocycles. The number of phenolic OH excluding ortho intramolecular Hbond substituents is 1. The molecule has 102 valence electrons. The van der Waals surface area contributed by atoms with Crippen LogP contribution < -0.4 is 5.32 Å². The molecule has 0 atom stereocenters. The van der Waals surface area contributed by atoms with E-state index in [0.29, 0.717) is 11.5 Å². The summed E-state index contributed by atoms with van der Waals surface area (Å²) < 4.78 is 0. The molecule has 1 aromatic rings. The van der Waals surface area contributed by atoms with Crippen LogP contribution in [-0.2, 0) is 11.2 Å². The molecule has 2 aliphatic rings. The molecule has 0 unspecified atom stereocenters. The van der Waals surface area contributed by atoms with Crippen molar-refractivity contribution in [1.29, 1.82) is 0 Å². The highest BCUT2D eigenvalue weighted by Crippen LogP contribution is 2.48. The number of hydrogen-bond acceptors (Lipinski definition) is 2. The molecular formula is C16H21NO2. The lowest BCUT2D eigenvalue weighted by atomic mass is 9.98. The molecule has 1 aromatic carbocycles. The Bertz CT molecular complexity index is 452. The molecule has 19 heavy (non-hydrogen) atoms. The second kappa shape index (κ2) is 5.24. The first-order valence-electron chi connectivity index (χ1n) is 7.27. The molecule has 0 aromatic heterocycles. The highest BCUT2D eigenvalue weighted by atomic mass is 16.3. The van der Waals surface area contributed by atoms with Gasteiger partial charge in [0.1, 0.15) is 5.75 Å². The van der Waals surface area contributed by atoms with Crippen LogP contribution in [0.25, 0.3) is 0 Å². The van der Waals surface area contributed by atoms with Gasteiger partial charge < -0.3 is 10.4 Å². The Morgan fingerprint density at radius 2 is 1.84 bits per heavy atom. The molecule has 0 saturated heterocycles. The van der Waals surface area contributed by atoms with E-state index in [2.05, 4.69) is 5.32 Å². The fourth-order valence-electron chi connectivity index (χ4n) is 2.89. The number of carbonyl (C=O) groups is 1. The lowest BCUT2D eigenvalue weighted by Crippen LogP contribution is -2.32. The van der Waals surface area contributed by atoms with Crippen molar-refractivity contribution < 1.29 is 9.90 Å². The van der Waals surface area contributed by atoms with Crippen molar-refractivity contribution in [2.75, 3.05) is 6.54 Å². The third kappa shape index (κ3) is 3.28. The average molecular weight is 259 g/mol. The van der Waals surface area contributed by atoms with Crippen LogP contribution >= 0.6 is 0 Å². The van der Waals surface area contributed by atoms with Gasteiger partial charge in [0, 0.05) is 12.1 Å². The predicted molar refractivity (Wildman–Crippen MR) is 73.8 cm³/mol. The standard InChI is InChI=1S/C16H21NO2/c18-15-4-2-1-3-13(15)9-16(19)17-10-14(11-5-6-11)12-7-8-12/h1-4,11-12,14,18H,5-10H2,(H,17,19). The van der Waals surface area contributed by atoms with Gasteiger partial charge in [0.15, 0.2) is 0 Å². The Morgan fingerprint density at radius 1 is 1.21 bits per heavy atom. The maximum absolute atomic E-state index is 11.9. The molecule has 2 N–H and O–H groups in total. The van der Waals surface area contributed by atoms with E-state index in [1.807, 2.05) is 6.07 Å². The summed E-state index contributed by atoms with van der Waals surface area (Å²) in [4.78, 5) is 11.9. The fraction of sp³-hybridized carbons (Fsp3) is 0.562. The van der Waals surface area contributed by atoms with E-state index in [0.717, 1.165) is 18.4 Å². The van der Waals surface area contributed by atoms with Gasteiger partial charge in [-0.05, 0) is 49.5 Å². The van der Waals surface area contributed by atoms with Gasteiger partial charge in [-0.2, -0.15) is 0 Å². The monoisotopic (exact) mass is 259 g/mol. The topological polar surface area (TPSA) is 49.3 Å². The molecule has 0 bridgehead atoms. The van der Waals surface area contributed by atoms with Crippen molar-refractivity contribution in [2.45, 2.75) is 32.1 Å². The van der Waals surface area contributed by atoms with Crippen molar-refractivity contribution in [2.24, 2.45) is 17.8 Å². The van der Waals surface area contributed by atoms with Crippen molar-refractivity contribution in [3.63, 3.8) is 0 Å². The lowest BCUT2D eigenvalue weighted by molar-refractivity contribution is -0.120. The quantitative estimate of drug-likeness (QED) is 0.824. The van der Waals surface area contributed by atoms with Crippen LogP contribution in [0.1, 0.15) is 31.2 Å². The number of amides is 1. The highest BCUT2D eigenvalue weighted by molar-refractivity contribution is 5.79. The molecule has 0 aliphatic heterocycles. The first-order chi connectivity index (χ1) is 9.24. The molecule has 3 rings (SSSR count). The van der Waals surface area contributed by atoms with E-state index in [9.17, 15) is 9.90 Å². The maximum atomic E-state index is 11.9. The average Bonchev–Trinajstić information content (AvgIpc) is 3.26. The molecule has 2 aliphatic carbocycles. The normalized spacial score (nSPS) is 18.6. The third-order valence-electron chi connectivity index (χ3n) is 4.33. The number of rotatable bonds is 6. The zero-order valence-corrected chi connectivity index (χ0v) is 11.1. The van der Waals surface area contributed by atoms with Gasteiger partial charge in [-0.3, -0.25) is 4.79 Å². The van der Waals surface area contributed by atoms with Gasteiger partial charge in [-0.25, -0.2) is 0 Å². The Morgan fingerprint density at radius 3 is 2.42 bits per heavy atom. The minimum absolute atomic E-state index is 0.0211. The number of benzene rings is 1.